The number of rotatable bonds is 35. The number of nitrogens with zero attached hydrogens (tertiary/aromatic N) is 8. The molecule has 4 aromatic rings. The minimum absolute atomic E-state index is 0.156. The molecule has 19 N–H and O–H groups in total. The zero-order valence-corrected chi connectivity index (χ0v) is 45.6. The number of aliphatic hydroxyl groups is 11. The first-order valence-electron chi connectivity index (χ1n) is 23.4. The van der Waals surface area contributed by atoms with Crippen molar-refractivity contribution in [3.8, 4) is 0 Å². The fourth-order valence-corrected chi connectivity index (χ4v) is 8.96. The minimum Gasteiger partial charge on any atom is -0.394 e. The number of aromatic nitrogens is 6. The molecule has 0 saturated carbocycles. The number of likely N-dealkylation sites (N-methyl/N-ethyl adjacent to an activating group) is 1. The smallest absolute Gasteiger partial charge is 0.295 e. The molecule has 40 heteroatoms. The Morgan fingerprint density at radius 2 is 0.926 bits per heavy atom. The number of hydrogen-bond acceptors (Lipinski definition) is 32. The molecule has 2 aromatic heterocycles. The van der Waals surface area contributed by atoms with E-state index in [0.717, 1.165) is 46.2 Å². The molecule has 4 rings (SSSR count). The first-order chi connectivity index (χ1) is 37.7. The molecule has 0 fully saturated rings. The van der Waals surface area contributed by atoms with Gasteiger partial charge in [-0.3, -0.25) is 18.2 Å². The van der Waals surface area contributed by atoms with Gasteiger partial charge in [-0.25, -0.2) is 0 Å². The van der Waals surface area contributed by atoms with Gasteiger partial charge in [-0.05, 0) is 35.4 Å². The summed E-state index contributed by atoms with van der Waals surface area (Å²) in [5.74, 6) is -4.01. The molecular weight excluding hydrogens is 1170 g/mol. The van der Waals surface area contributed by atoms with Crippen LogP contribution in [0.2, 0.25) is 0 Å². The fourth-order valence-electron chi connectivity index (χ4n) is 6.82. The van der Waals surface area contributed by atoms with Crippen LogP contribution < -0.4 is 31.1 Å². The van der Waals surface area contributed by atoms with Crippen LogP contribution in [0.1, 0.15) is 11.1 Å². The van der Waals surface area contributed by atoms with Crippen molar-refractivity contribution < 1.29 is 113 Å². The molecule has 0 radical (unpaired) electrons. The van der Waals surface area contributed by atoms with Crippen LogP contribution in [-0.2, 0) is 45.2 Å². The summed E-state index contributed by atoms with van der Waals surface area (Å²) in [4.78, 5) is 25.5. The van der Waals surface area contributed by atoms with E-state index in [0.29, 0.717) is 0 Å². The molecule has 2 heterocycles. The van der Waals surface area contributed by atoms with Gasteiger partial charge in [0.25, 0.3) is 40.5 Å². The van der Waals surface area contributed by atoms with Crippen LogP contribution in [0.3, 0.4) is 0 Å². The third-order valence-corrected chi connectivity index (χ3v) is 14.2. The Morgan fingerprint density at radius 3 is 1.33 bits per heavy atom. The van der Waals surface area contributed by atoms with E-state index in [4.69, 9.17) is 9.84 Å². The van der Waals surface area contributed by atoms with Crippen molar-refractivity contribution in [1.29, 1.82) is 0 Å². The van der Waals surface area contributed by atoms with Gasteiger partial charge in [0.1, 0.15) is 58.6 Å². The predicted octanol–water partition coefficient (Wildman–Crippen LogP) is -6.07. The summed E-state index contributed by atoms with van der Waals surface area (Å²) in [6.45, 7) is -5.12. The van der Waals surface area contributed by atoms with E-state index in [1.165, 1.54) is 19.2 Å². The summed E-state index contributed by atoms with van der Waals surface area (Å²) in [6.07, 6.45) is -13.5. The highest BCUT2D eigenvalue weighted by Gasteiger charge is 2.33. The van der Waals surface area contributed by atoms with Crippen LogP contribution in [0.5, 0.6) is 0 Å². The van der Waals surface area contributed by atoms with Crippen LogP contribution in [0.15, 0.2) is 46.2 Å². The van der Waals surface area contributed by atoms with E-state index in [2.05, 4.69) is 51.2 Å². The van der Waals surface area contributed by atoms with E-state index < -0.39 is 174 Å². The summed E-state index contributed by atoms with van der Waals surface area (Å²) in [7, 11) is -18.1. The van der Waals surface area contributed by atoms with Crippen molar-refractivity contribution >= 4 is 99.7 Å². The van der Waals surface area contributed by atoms with Crippen molar-refractivity contribution in [3.63, 3.8) is 0 Å². The molecule has 81 heavy (non-hydrogen) atoms. The number of aliphatic hydroxyl groups excluding tert-OH is 11. The lowest BCUT2D eigenvalue weighted by molar-refractivity contribution is -0.112. The van der Waals surface area contributed by atoms with Crippen LogP contribution in [0.4, 0.5) is 47.1 Å². The molecular formula is C41H62N12O24S4. The fraction of sp³-hybridized carbons (Fsp3) is 0.512. The summed E-state index contributed by atoms with van der Waals surface area (Å²) < 4.78 is 141. The first-order valence-corrected chi connectivity index (χ1v) is 29.5. The van der Waals surface area contributed by atoms with Gasteiger partial charge in [0.05, 0.1) is 44.5 Å². The summed E-state index contributed by atoms with van der Waals surface area (Å²) in [5, 5.41) is 120. The quantitative estimate of drug-likeness (QED) is 0.0116. The van der Waals surface area contributed by atoms with Crippen LogP contribution in [-0.4, -0.2) is 271 Å². The van der Waals surface area contributed by atoms with Crippen LogP contribution in [0.25, 0.3) is 12.2 Å². The molecule has 0 aliphatic carbocycles. The summed E-state index contributed by atoms with van der Waals surface area (Å²) >= 11 is 0. The Bertz CT molecular complexity index is 3210. The van der Waals surface area contributed by atoms with Gasteiger partial charge in [0.15, 0.2) is 0 Å². The molecule has 8 unspecified atom stereocenters. The van der Waals surface area contributed by atoms with Gasteiger partial charge in [0.2, 0.25) is 35.7 Å². The maximum absolute atomic E-state index is 12.9. The lowest BCUT2D eigenvalue weighted by atomic mass is 10.0. The van der Waals surface area contributed by atoms with E-state index in [1.807, 2.05) is 0 Å². The van der Waals surface area contributed by atoms with Crippen LogP contribution >= 0.6 is 0 Å². The van der Waals surface area contributed by atoms with Crippen molar-refractivity contribution in [2.24, 2.45) is 0 Å². The molecule has 36 nitrogen and oxygen atoms in total. The topological polar surface area (TPSA) is 581 Å². The Kier molecular flexibility index (Phi) is 25.0. The van der Waals surface area contributed by atoms with Gasteiger partial charge in [-0.2, -0.15) is 63.6 Å². The second-order valence-corrected chi connectivity index (χ2v) is 23.2. The average molecular weight is 1240 g/mol. The van der Waals surface area contributed by atoms with Crippen molar-refractivity contribution in [1.82, 2.24) is 29.9 Å². The third kappa shape index (κ3) is 21.8. The lowest BCUT2D eigenvalue weighted by Gasteiger charge is -2.30. The number of benzene rings is 2. The minimum atomic E-state index is -5.17. The number of hydrogen-bond donors (Lipinski definition) is 19. The Morgan fingerprint density at radius 1 is 0.531 bits per heavy atom. The second kappa shape index (κ2) is 29.9. The Labute approximate surface area is 462 Å². The molecule has 0 bridgehead atoms. The van der Waals surface area contributed by atoms with Gasteiger partial charge in [-0.15, -0.1) is 0 Å². The highest BCUT2D eigenvalue weighted by molar-refractivity contribution is 7.86. The number of nitrogens with one attached hydrogen (secondary N) is 4. The van der Waals surface area contributed by atoms with E-state index >= 15 is 0 Å². The zero-order valence-electron chi connectivity index (χ0n) is 42.3. The molecule has 2 aromatic carbocycles. The Balaban J connectivity index is 1.72. The molecule has 0 spiro atoms. The van der Waals surface area contributed by atoms with Crippen molar-refractivity contribution in [2.75, 3.05) is 115 Å². The second-order valence-electron chi connectivity index (χ2n) is 17.3. The number of ether oxygens (including phenoxy) is 1. The highest BCUT2D eigenvalue weighted by Crippen LogP contribution is 2.29. The molecule has 0 aliphatic heterocycles. The molecule has 8 atom stereocenters. The SMILES string of the molecule is CN(CC(O)C(O)C(O)C(O)CO)c1nc(NCCS(=O)(=O)O)nc(Nc2ccc(C=Cc3ccc(Nc4nc(NCCS(=O)(=O)O)nc(N(CCOCCO)CC(O)C(O)C(O)C(O)CO)n4)cc3S(=O)(=O)O)c(S(=O)(=O)O)c2)n1. The van der Waals surface area contributed by atoms with Gasteiger partial charge < -0.3 is 92.0 Å². The first kappa shape index (κ1) is 67.7. The van der Waals surface area contributed by atoms with Crippen LogP contribution in [0, 0.1) is 0 Å². The number of anilines is 8. The Hall–Kier alpha value is -5.84. The standard InChI is InChI=1S/C41H62N12O24S4/c1-52(18-26(57)32(61)34(63)28(59)20-55)40-48-36(42-8-14-78(65,66)67)46-38(50-40)44-24-6-4-22(30(16-24)80(71,72)73)2-3-23-5-7-25(17-31(23)81(74,75)76)45-39-47-37(43-9-15-79(68,69)70)49-41(51-39)53(10-12-77-13-11-54)19-27(58)33(62)35(64)29(60)21-56/h2-7,16-17,26-29,32-35,54-64H,8-15,18-21H2,1H3,(H,65,66,67)(H,68,69,70)(H,71,72,73)(H,74,75,76)(H2,42,44,46,48,50)(H2,43,45,47,49,51). The van der Waals surface area contributed by atoms with Gasteiger partial charge in [-0.1, -0.05) is 24.3 Å². The molecule has 0 saturated heterocycles. The van der Waals surface area contributed by atoms with E-state index in [-0.39, 0.29) is 60.1 Å². The van der Waals surface area contributed by atoms with Crippen molar-refractivity contribution in [3.05, 3.63) is 47.5 Å². The largest absolute Gasteiger partial charge is 0.394 e. The molecule has 454 valence electrons. The summed E-state index contributed by atoms with van der Waals surface area (Å²) in [6, 6.07) is 6.43. The third-order valence-electron chi connectivity index (χ3n) is 11.0. The normalized spacial score (nSPS) is 15.5. The average Bonchev–Trinajstić information content (AvgIpc) is 3.38. The maximum atomic E-state index is 12.9. The highest BCUT2D eigenvalue weighted by atomic mass is 32.2. The molecule has 0 aliphatic rings. The van der Waals surface area contributed by atoms with E-state index in [1.54, 1.807) is 0 Å². The molecule has 0 amide bonds. The van der Waals surface area contributed by atoms with Gasteiger partial charge >= 0.3 is 0 Å². The zero-order chi connectivity index (χ0) is 60.6. The lowest BCUT2D eigenvalue weighted by Crippen LogP contribution is -2.50. The van der Waals surface area contributed by atoms with Gasteiger partial charge in [0, 0.05) is 51.1 Å². The maximum Gasteiger partial charge on any atom is 0.295 e. The summed E-state index contributed by atoms with van der Waals surface area (Å²) in [5.41, 5.74) is -0.917. The monoisotopic (exact) mass is 1230 g/mol. The van der Waals surface area contributed by atoms with E-state index in [9.17, 15) is 103 Å². The van der Waals surface area contributed by atoms with Crippen molar-refractivity contribution in [2.45, 2.75) is 58.6 Å². The predicted molar refractivity (Wildman–Crippen MR) is 283 cm³/mol.